The van der Waals surface area contributed by atoms with E-state index in [-0.39, 0.29) is 11.7 Å². The number of halogens is 1. The minimum Gasteiger partial charge on any atom is -0.459 e. The van der Waals surface area contributed by atoms with Crippen molar-refractivity contribution in [3.63, 3.8) is 0 Å². The van der Waals surface area contributed by atoms with Crippen LogP contribution in [0.4, 0.5) is 0 Å². The van der Waals surface area contributed by atoms with Crippen LogP contribution >= 0.6 is 15.9 Å². The fourth-order valence-electron chi connectivity index (χ4n) is 3.70. The molecule has 24 heavy (non-hydrogen) atoms. The molecule has 0 bridgehead atoms. The molecular formula is C18H20BrNO4. The summed E-state index contributed by atoms with van der Waals surface area (Å²) < 4.78 is 6.40. The van der Waals surface area contributed by atoms with Crippen LogP contribution in [0.3, 0.4) is 0 Å². The van der Waals surface area contributed by atoms with Crippen molar-refractivity contribution in [1.29, 1.82) is 0 Å². The lowest BCUT2D eigenvalue weighted by molar-refractivity contribution is -0.160. The number of Topliss-reactive ketones (excluding diaryl/α,β-unsaturated/α-hetero) is 1. The molecule has 1 amide bonds. The van der Waals surface area contributed by atoms with Crippen LogP contribution < -0.4 is 0 Å². The molecule has 1 aliphatic carbocycles. The lowest BCUT2D eigenvalue weighted by Gasteiger charge is -2.46. The number of carbonyl (C=O) groups excluding carboxylic acids is 3. The molecular weight excluding hydrogens is 374 g/mol. The number of carbonyl (C=O) groups is 3. The van der Waals surface area contributed by atoms with Crippen LogP contribution in [-0.4, -0.2) is 35.2 Å². The maximum atomic E-state index is 13.0. The normalized spacial score (nSPS) is 25.6. The highest BCUT2D eigenvalue weighted by Gasteiger charge is 2.53. The van der Waals surface area contributed by atoms with Crippen LogP contribution in [0, 0.1) is 5.41 Å². The summed E-state index contributed by atoms with van der Waals surface area (Å²) in [5.74, 6) is -0.483. The molecule has 0 radical (unpaired) electrons. The van der Waals surface area contributed by atoms with Gasteiger partial charge in [-0.15, -0.1) is 0 Å². The van der Waals surface area contributed by atoms with Crippen LogP contribution in [0.25, 0.3) is 0 Å². The molecule has 6 heteroatoms. The van der Waals surface area contributed by atoms with Crippen molar-refractivity contribution < 1.29 is 19.1 Å². The standard InChI is InChI=1S/C18H20BrNO4/c1-10(21)24-17-15(20-8-4-5-14(20)22)13-9-11(19)6-7-12(13)16(23)18(17,2)3/h6-7,9,15,17H,4-5,8H2,1-3H3. The predicted octanol–water partition coefficient (Wildman–Crippen LogP) is 3.27. The first-order valence-electron chi connectivity index (χ1n) is 8.04. The van der Waals surface area contributed by atoms with Crippen molar-refractivity contribution in [2.75, 3.05) is 6.54 Å². The second-order valence-electron chi connectivity index (χ2n) is 6.95. The number of benzene rings is 1. The second kappa shape index (κ2) is 5.99. The minimum atomic E-state index is -0.903. The lowest BCUT2D eigenvalue weighted by Crippen LogP contribution is -2.53. The number of likely N-dealkylation sites (tertiary alicyclic amines) is 1. The van der Waals surface area contributed by atoms with Crippen LogP contribution in [0.2, 0.25) is 0 Å². The fraction of sp³-hybridized carbons (Fsp3) is 0.500. The van der Waals surface area contributed by atoms with Gasteiger partial charge >= 0.3 is 5.97 Å². The van der Waals surface area contributed by atoms with E-state index >= 15 is 0 Å². The highest BCUT2D eigenvalue weighted by atomic mass is 79.9. The molecule has 1 saturated heterocycles. The number of hydrogen-bond donors (Lipinski definition) is 0. The number of amides is 1. The van der Waals surface area contributed by atoms with Gasteiger partial charge in [0.25, 0.3) is 0 Å². The molecule has 0 N–H and O–H groups in total. The SMILES string of the molecule is CC(=O)OC1C(N2CCCC2=O)c2cc(Br)ccc2C(=O)C1(C)C. The Morgan fingerprint density at radius 1 is 1.33 bits per heavy atom. The van der Waals surface area contributed by atoms with Crippen molar-refractivity contribution in [3.8, 4) is 0 Å². The Balaban J connectivity index is 2.20. The maximum absolute atomic E-state index is 13.0. The van der Waals surface area contributed by atoms with Crippen LogP contribution in [0.1, 0.15) is 55.6 Å². The molecule has 5 nitrogen and oxygen atoms in total. The zero-order valence-corrected chi connectivity index (χ0v) is 15.6. The number of hydrogen-bond acceptors (Lipinski definition) is 4. The molecule has 1 heterocycles. The topological polar surface area (TPSA) is 63.7 Å². The van der Waals surface area contributed by atoms with Gasteiger partial charge in [0.15, 0.2) is 5.78 Å². The summed E-state index contributed by atoms with van der Waals surface area (Å²) in [5.41, 5.74) is 0.437. The molecule has 1 fully saturated rings. The number of rotatable bonds is 2. The number of fused-ring (bicyclic) bond motifs is 1. The van der Waals surface area contributed by atoms with E-state index in [9.17, 15) is 14.4 Å². The maximum Gasteiger partial charge on any atom is 0.303 e. The predicted molar refractivity (Wildman–Crippen MR) is 91.5 cm³/mol. The van der Waals surface area contributed by atoms with Crippen molar-refractivity contribution in [3.05, 3.63) is 33.8 Å². The number of nitrogens with zero attached hydrogens (tertiary/aromatic N) is 1. The molecule has 1 aliphatic heterocycles. The molecule has 2 unspecified atom stereocenters. The first-order chi connectivity index (χ1) is 11.2. The van der Waals surface area contributed by atoms with Gasteiger partial charge < -0.3 is 9.64 Å². The van der Waals surface area contributed by atoms with Gasteiger partial charge in [0.1, 0.15) is 6.10 Å². The summed E-state index contributed by atoms with van der Waals surface area (Å²) in [7, 11) is 0. The van der Waals surface area contributed by atoms with Gasteiger partial charge in [-0.25, -0.2) is 0 Å². The Labute approximate surface area is 149 Å². The van der Waals surface area contributed by atoms with Gasteiger partial charge in [0.05, 0.1) is 11.5 Å². The third-order valence-corrected chi connectivity index (χ3v) is 5.39. The van der Waals surface area contributed by atoms with E-state index in [1.54, 1.807) is 24.8 Å². The Hall–Kier alpha value is -1.69. The molecule has 3 rings (SSSR count). The van der Waals surface area contributed by atoms with Crippen molar-refractivity contribution >= 4 is 33.6 Å². The van der Waals surface area contributed by atoms with Crippen LogP contribution in [-0.2, 0) is 14.3 Å². The van der Waals surface area contributed by atoms with Gasteiger partial charge in [-0.1, -0.05) is 15.9 Å². The van der Waals surface area contributed by atoms with Gasteiger partial charge in [0.2, 0.25) is 5.91 Å². The summed E-state index contributed by atoms with van der Waals surface area (Å²) >= 11 is 3.44. The third-order valence-electron chi connectivity index (χ3n) is 4.90. The molecule has 2 atom stereocenters. The van der Waals surface area contributed by atoms with E-state index in [1.807, 2.05) is 12.1 Å². The van der Waals surface area contributed by atoms with E-state index in [0.717, 1.165) is 16.5 Å². The Kier molecular flexibility index (Phi) is 4.28. The average Bonchev–Trinajstić information content (AvgIpc) is 2.91. The number of ketones is 1. The molecule has 1 aromatic carbocycles. The van der Waals surface area contributed by atoms with E-state index < -0.39 is 23.5 Å². The quantitative estimate of drug-likeness (QED) is 0.723. The third kappa shape index (κ3) is 2.66. The van der Waals surface area contributed by atoms with E-state index in [4.69, 9.17) is 4.74 Å². The largest absolute Gasteiger partial charge is 0.459 e. The first-order valence-corrected chi connectivity index (χ1v) is 8.83. The monoisotopic (exact) mass is 393 g/mol. The summed E-state index contributed by atoms with van der Waals surface area (Å²) in [6, 6.07) is 5.02. The average molecular weight is 394 g/mol. The van der Waals surface area contributed by atoms with Crippen molar-refractivity contribution in [2.24, 2.45) is 5.41 Å². The zero-order valence-electron chi connectivity index (χ0n) is 14.0. The van der Waals surface area contributed by atoms with E-state index in [1.165, 1.54) is 6.92 Å². The highest BCUT2D eigenvalue weighted by molar-refractivity contribution is 9.10. The Bertz CT molecular complexity index is 728. The molecule has 0 saturated carbocycles. The molecule has 1 aromatic rings. The molecule has 2 aliphatic rings. The van der Waals surface area contributed by atoms with Crippen molar-refractivity contribution in [1.82, 2.24) is 4.90 Å². The smallest absolute Gasteiger partial charge is 0.303 e. The molecule has 0 aromatic heterocycles. The zero-order chi connectivity index (χ0) is 17.6. The molecule has 0 spiro atoms. The van der Waals surface area contributed by atoms with Gasteiger partial charge in [-0.05, 0) is 44.0 Å². The lowest BCUT2D eigenvalue weighted by atomic mass is 9.68. The Morgan fingerprint density at radius 3 is 2.62 bits per heavy atom. The van der Waals surface area contributed by atoms with Gasteiger partial charge in [-0.2, -0.15) is 0 Å². The minimum absolute atomic E-state index is 0.0354. The summed E-state index contributed by atoms with van der Waals surface area (Å²) in [6.45, 7) is 5.50. The fourth-order valence-corrected chi connectivity index (χ4v) is 4.08. The highest BCUT2D eigenvalue weighted by Crippen LogP contribution is 2.47. The van der Waals surface area contributed by atoms with Gasteiger partial charge in [-0.3, -0.25) is 14.4 Å². The van der Waals surface area contributed by atoms with E-state index in [2.05, 4.69) is 15.9 Å². The van der Waals surface area contributed by atoms with Crippen LogP contribution in [0.15, 0.2) is 22.7 Å². The number of esters is 1. The van der Waals surface area contributed by atoms with E-state index in [0.29, 0.717) is 18.5 Å². The number of ether oxygens (including phenoxy) is 1. The molecule has 128 valence electrons. The van der Waals surface area contributed by atoms with Gasteiger partial charge in [0, 0.05) is 29.9 Å². The van der Waals surface area contributed by atoms with Crippen LogP contribution in [0.5, 0.6) is 0 Å². The first kappa shape index (κ1) is 17.1. The summed E-state index contributed by atoms with van der Waals surface area (Å²) in [4.78, 5) is 38.8. The second-order valence-corrected chi connectivity index (χ2v) is 7.86. The Morgan fingerprint density at radius 2 is 2.04 bits per heavy atom. The summed E-state index contributed by atoms with van der Waals surface area (Å²) in [6.07, 6.45) is 0.562. The van der Waals surface area contributed by atoms with Crippen molar-refractivity contribution in [2.45, 2.75) is 45.8 Å². The summed E-state index contributed by atoms with van der Waals surface area (Å²) in [5, 5.41) is 0.